The van der Waals surface area contributed by atoms with Crippen LogP contribution in [0.15, 0.2) is 6.07 Å². The van der Waals surface area contributed by atoms with Crippen LogP contribution in [0.1, 0.15) is 17.6 Å². The number of aliphatic hydroxyl groups excluding tert-OH is 3. The molecule has 3 N–H and O–H groups in total. The number of aryl methyl sites for hydroxylation is 2. The second-order valence-corrected chi connectivity index (χ2v) is 4.10. The Morgan fingerprint density at radius 1 is 1.38 bits per heavy atom. The molecule has 6 nitrogen and oxygen atoms in total. The number of ether oxygens (including phenoxy) is 1. The van der Waals surface area contributed by atoms with Gasteiger partial charge in [0.1, 0.15) is 18.3 Å². The van der Waals surface area contributed by atoms with E-state index in [9.17, 15) is 10.2 Å². The van der Waals surface area contributed by atoms with Gasteiger partial charge in [0.05, 0.1) is 12.3 Å². The van der Waals surface area contributed by atoms with E-state index in [1.165, 1.54) is 4.68 Å². The lowest BCUT2D eigenvalue weighted by molar-refractivity contribution is -0.0596. The van der Waals surface area contributed by atoms with Crippen LogP contribution in [0.25, 0.3) is 0 Å². The highest BCUT2D eigenvalue weighted by molar-refractivity contribution is 5.08. The summed E-state index contributed by atoms with van der Waals surface area (Å²) in [7, 11) is 0. The van der Waals surface area contributed by atoms with Crippen molar-refractivity contribution in [3.63, 3.8) is 0 Å². The van der Waals surface area contributed by atoms with Crippen molar-refractivity contribution in [2.24, 2.45) is 0 Å². The Bertz CT molecular complexity index is 379. The Hall–Kier alpha value is -0.950. The van der Waals surface area contributed by atoms with Crippen molar-refractivity contribution >= 4 is 0 Å². The topological polar surface area (TPSA) is 87.7 Å². The second-order valence-electron chi connectivity index (χ2n) is 4.10. The van der Waals surface area contributed by atoms with Gasteiger partial charge in [0, 0.05) is 5.69 Å². The molecule has 2 heterocycles. The van der Waals surface area contributed by atoms with Gasteiger partial charge in [-0.05, 0) is 19.9 Å². The van der Waals surface area contributed by atoms with E-state index in [0.29, 0.717) is 0 Å². The van der Waals surface area contributed by atoms with Crippen molar-refractivity contribution in [1.82, 2.24) is 9.78 Å². The van der Waals surface area contributed by atoms with Crippen LogP contribution in [0.2, 0.25) is 0 Å². The monoisotopic (exact) mass is 228 g/mol. The van der Waals surface area contributed by atoms with Crippen molar-refractivity contribution in [1.29, 1.82) is 0 Å². The predicted molar refractivity (Wildman–Crippen MR) is 54.7 cm³/mol. The first-order chi connectivity index (χ1) is 7.54. The molecule has 1 saturated heterocycles. The summed E-state index contributed by atoms with van der Waals surface area (Å²) in [5, 5.41) is 32.6. The minimum atomic E-state index is -1.08. The Morgan fingerprint density at radius 2 is 2.06 bits per heavy atom. The molecule has 90 valence electrons. The zero-order valence-electron chi connectivity index (χ0n) is 9.24. The average molecular weight is 228 g/mol. The minimum absolute atomic E-state index is 0.325. The zero-order valence-corrected chi connectivity index (χ0v) is 9.24. The Morgan fingerprint density at radius 3 is 2.50 bits per heavy atom. The first-order valence-corrected chi connectivity index (χ1v) is 5.20. The van der Waals surface area contributed by atoms with Crippen molar-refractivity contribution in [2.45, 2.75) is 38.4 Å². The highest BCUT2D eigenvalue weighted by atomic mass is 16.6. The number of hydrogen-bond donors (Lipinski definition) is 3. The molecule has 4 atom stereocenters. The van der Waals surface area contributed by atoms with E-state index in [0.717, 1.165) is 11.4 Å². The third kappa shape index (κ3) is 1.73. The lowest BCUT2D eigenvalue weighted by Crippen LogP contribution is -2.33. The Balaban J connectivity index is 2.26. The number of nitrogens with zero attached hydrogens (tertiary/aromatic N) is 2. The molecular weight excluding hydrogens is 212 g/mol. The fourth-order valence-corrected chi connectivity index (χ4v) is 1.99. The van der Waals surface area contributed by atoms with E-state index < -0.39 is 24.5 Å². The van der Waals surface area contributed by atoms with Gasteiger partial charge >= 0.3 is 0 Å². The van der Waals surface area contributed by atoms with Crippen molar-refractivity contribution in [2.75, 3.05) is 6.61 Å². The first kappa shape index (κ1) is 11.5. The summed E-state index contributed by atoms with van der Waals surface area (Å²) >= 11 is 0. The molecule has 0 aliphatic carbocycles. The molecule has 0 saturated carbocycles. The van der Waals surface area contributed by atoms with Gasteiger partial charge in [-0.15, -0.1) is 0 Å². The lowest BCUT2D eigenvalue weighted by Gasteiger charge is -2.16. The van der Waals surface area contributed by atoms with E-state index in [2.05, 4.69) is 5.10 Å². The minimum Gasteiger partial charge on any atom is -0.394 e. The molecule has 0 unspecified atom stereocenters. The van der Waals surface area contributed by atoms with Crippen LogP contribution in [-0.4, -0.2) is 50.0 Å². The summed E-state index contributed by atoms with van der Waals surface area (Å²) < 4.78 is 6.89. The smallest absolute Gasteiger partial charge is 0.179 e. The molecule has 1 aromatic heterocycles. The van der Waals surface area contributed by atoms with Crippen molar-refractivity contribution < 1.29 is 20.1 Å². The zero-order chi connectivity index (χ0) is 11.9. The SMILES string of the molecule is Cc1cc(C)n([C@@H]2O[C@H](CO)[C@@H](O)[C@@H]2O)n1. The van der Waals surface area contributed by atoms with Crippen LogP contribution in [0.4, 0.5) is 0 Å². The maximum atomic E-state index is 9.80. The molecule has 0 bridgehead atoms. The molecule has 6 heteroatoms. The molecule has 1 aliphatic heterocycles. The van der Waals surface area contributed by atoms with Crippen LogP contribution in [0.3, 0.4) is 0 Å². The quantitative estimate of drug-likeness (QED) is 0.611. The lowest BCUT2D eigenvalue weighted by atomic mass is 10.1. The molecule has 0 aromatic carbocycles. The highest BCUT2D eigenvalue weighted by Crippen LogP contribution is 2.29. The van der Waals surface area contributed by atoms with Gasteiger partial charge < -0.3 is 20.1 Å². The third-order valence-corrected chi connectivity index (χ3v) is 2.80. The second kappa shape index (κ2) is 4.14. The third-order valence-electron chi connectivity index (χ3n) is 2.80. The molecular formula is C10H16N2O4. The standard InChI is InChI=1S/C10H16N2O4/c1-5-3-6(2)12(11-5)10-9(15)8(14)7(4-13)16-10/h3,7-10,13-15H,4H2,1-2H3/t7-,8-,9+,10-/m1/s1. The van der Waals surface area contributed by atoms with Gasteiger partial charge in [-0.2, -0.15) is 5.10 Å². The summed E-state index contributed by atoms with van der Waals surface area (Å²) in [5.41, 5.74) is 1.66. The van der Waals surface area contributed by atoms with E-state index in [-0.39, 0.29) is 6.61 Å². The van der Waals surface area contributed by atoms with Crippen LogP contribution < -0.4 is 0 Å². The summed E-state index contributed by atoms with van der Waals surface area (Å²) in [6, 6.07) is 1.86. The summed E-state index contributed by atoms with van der Waals surface area (Å²) in [4.78, 5) is 0. The molecule has 2 rings (SSSR count). The molecule has 16 heavy (non-hydrogen) atoms. The summed E-state index contributed by atoms with van der Waals surface area (Å²) in [6.45, 7) is 3.35. The Kier molecular flexibility index (Phi) is 2.98. The normalized spacial score (nSPS) is 34.6. The van der Waals surface area contributed by atoms with Gasteiger partial charge in [0.25, 0.3) is 0 Å². The largest absolute Gasteiger partial charge is 0.394 e. The summed E-state index contributed by atoms with van der Waals surface area (Å²) in [6.07, 6.45) is -3.65. The van der Waals surface area contributed by atoms with Crippen LogP contribution in [0, 0.1) is 13.8 Å². The maximum absolute atomic E-state index is 9.80. The number of hydrogen-bond acceptors (Lipinski definition) is 5. The van der Waals surface area contributed by atoms with Crippen molar-refractivity contribution in [3.8, 4) is 0 Å². The van der Waals surface area contributed by atoms with Crippen LogP contribution in [0.5, 0.6) is 0 Å². The van der Waals surface area contributed by atoms with E-state index in [4.69, 9.17) is 9.84 Å². The maximum Gasteiger partial charge on any atom is 0.179 e. The number of aliphatic hydroxyl groups is 3. The molecule has 0 spiro atoms. The number of rotatable bonds is 2. The van der Waals surface area contributed by atoms with E-state index in [1.807, 2.05) is 19.9 Å². The van der Waals surface area contributed by atoms with Crippen LogP contribution >= 0.6 is 0 Å². The average Bonchev–Trinajstić information content (AvgIpc) is 2.70. The van der Waals surface area contributed by atoms with Gasteiger partial charge in [0.2, 0.25) is 0 Å². The highest BCUT2D eigenvalue weighted by Gasteiger charge is 2.44. The van der Waals surface area contributed by atoms with E-state index in [1.54, 1.807) is 0 Å². The van der Waals surface area contributed by atoms with Crippen molar-refractivity contribution in [3.05, 3.63) is 17.5 Å². The molecule has 0 radical (unpaired) electrons. The van der Waals surface area contributed by atoms with Gasteiger partial charge in [0.15, 0.2) is 6.23 Å². The molecule has 1 fully saturated rings. The van der Waals surface area contributed by atoms with Gasteiger partial charge in [-0.1, -0.05) is 0 Å². The fourth-order valence-electron chi connectivity index (χ4n) is 1.99. The molecule has 0 amide bonds. The van der Waals surface area contributed by atoms with Gasteiger partial charge in [-0.25, -0.2) is 4.68 Å². The Labute approximate surface area is 93.1 Å². The molecule has 1 aromatic rings. The van der Waals surface area contributed by atoms with Crippen LogP contribution in [-0.2, 0) is 4.74 Å². The first-order valence-electron chi connectivity index (χ1n) is 5.20. The van der Waals surface area contributed by atoms with E-state index >= 15 is 0 Å². The fraction of sp³-hybridized carbons (Fsp3) is 0.700. The summed E-state index contributed by atoms with van der Waals surface area (Å²) in [5.74, 6) is 0. The number of aromatic nitrogens is 2. The van der Waals surface area contributed by atoms with Gasteiger partial charge in [-0.3, -0.25) is 0 Å². The predicted octanol–water partition coefficient (Wildman–Crippen LogP) is -0.889. The molecule has 1 aliphatic rings.